The van der Waals surface area contributed by atoms with Crippen molar-refractivity contribution in [1.82, 2.24) is 0 Å². The number of rotatable bonds is 18. The molecule has 6 nitrogen and oxygen atoms in total. The van der Waals surface area contributed by atoms with Gasteiger partial charge in [-0.05, 0) is 51.4 Å². The summed E-state index contributed by atoms with van der Waals surface area (Å²) >= 11 is 0. The van der Waals surface area contributed by atoms with E-state index in [0.717, 1.165) is 89.9 Å². The molecule has 0 aromatic carbocycles. The van der Waals surface area contributed by atoms with Gasteiger partial charge in [0, 0.05) is 11.9 Å². The minimum absolute atomic E-state index is 0. The first-order valence-electron chi connectivity index (χ1n) is 11.1. The van der Waals surface area contributed by atoms with Crippen LogP contribution in [0.3, 0.4) is 0 Å². The normalized spacial score (nSPS) is 12.3. The summed E-state index contributed by atoms with van der Waals surface area (Å²) in [6.07, 6.45) is 13.2. The number of carboxylic acids is 2. The van der Waals surface area contributed by atoms with E-state index in [1.54, 1.807) is 0 Å². The third-order valence-corrected chi connectivity index (χ3v) is 4.78. The number of hydrogen-bond acceptors (Lipinski definition) is 6. The Balaban J connectivity index is -0.000000451. The van der Waals surface area contributed by atoms with Crippen LogP contribution in [0.5, 0.6) is 0 Å². The van der Waals surface area contributed by atoms with Crippen LogP contribution in [0.15, 0.2) is 0 Å². The number of hydrogen-bond donors (Lipinski definition) is 2. The quantitative estimate of drug-likeness (QED) is 0.236. The molecular weight excluding hydrogens is 426 g/mol. The summed E-state index contributed by atoms with van der Waals surface area (Å²) in [5, 5.41) is 38.6. The van der Waals surface area contributed by atoms with Gasteiger partial charge in [-0.2, -0.15) is 0 Å². The second kappa shape index (κ2) is 25.5. The van der Waals surface area contributed by atoms with E-state index < -0.39 is 11.9 Å². The molecule has 7 heteroatoms. The Morgan fingerprint density at radius 3 is 1.17 bits per heavy atom. The number of carboxylic acid groups (broad SMARTS) is 2. The van der Waals surface area contributed by atoms with Crippen molar-refractivity contribution < 1.29 is 49.5 Å². The van der Waals surface area contributed by atoms with Gasteiger partial charge in [0.05, 0.1) is 12.2 Å². The van der Waals surface area contributed by atoms with Crippen LogP contribution >= 0.6 is 0 Å². The number of aliphatic carboxylic acids is 2. The maximum Gasteiger partial charge on any atom is 2.00 e. The van der Waals surface area contributed by atoms with Crippen LogP contribution in [0.25, 0.3) is 0 Å². The van der Waals surface area contributed by atoms with Gasteiger partial charge in [0.1, 0.15) is 0 Å². The minimum Gasteiger partial charge on any atom is -0.550 e. The van der Waals surface area contributed by atoms with Gasteiger partial charge >= 0.3 is 19.5 Å². The molecule has 0 saturated carbocycles. The Hall–Kier alpha value is -0.517. The minimum atomic E-state index is -0.952. The molecular formula is C22H42O6Zn. The number of unbranched alkanes of at least 4 members (excludes halogenated alkanes) is 8. The number of carbonyl (C=O) groups is 2. The first-order chi connectivity index (χ1) is 13.3. The van der Waals surface area contributed by atoms with Crippen LogP contribution in [-0.4, -0.2) is 34.4 Å². The third-order valence-electron chi connectivity index (χ3n) is 4.78. The van der Waals surface area contributed by atoms with Crippen molar-refractivity contribution in [1.29, 1.82) is 0 Å². The van der Waals surface area contributed by atoms with Gasteiger partial charge in [-0.15, -0.1) is 0 Å². The van der Waals surface area contributed by atoms with Gasteiger partial charge in [0.15, 0.2) is 0 Å². The fourth-order valence-electron chi connectivity index (χ4n) is 2.77. The van der Waals surface area contributed by atoms with Gasteiger partial charge < -0.3 is 30.0 Å². The fraction of sp³-hybridized carbons (Fsp3) is 0.909. The van der Waals surface area contributed by atoms with Crippen molar-refractivity contribution >= 4 is 11.9 Å². The third kappa shape index (κ3) is 32.4. The van der Waals surface area contributed by atoms with Crippen molar-refractivity contribution in [2.24, 2.45) is 0 Å². The largest absolute Gasteiger partial charge is 2.00 e. The molecule has 0 amide bonds. The van der Waals surface area contributed by atoms with Crippen LogP contribution in [0.1, 0.15) is 117 Å². The predicted octanol–water partition coefficient (Wildman–Crippen LogP) is 2.47. The number of aliphatic hydroxyl groups is 2. The van der Waals surface area contributed by atoms with Crippen molar-refractivity contribution in [3.05, 3.63) is 0 Å². The van der Waals surface area contributed by atoms with Crippen LogP contribution in [0.4, 0.5) is 0 Å². The molecule has 0 radical (unpaired) electrons. The van der Waals surface area contributed by atoms with Crippen molar-refractivity contribution in [2.45, 2.75) is 129 Å². The van der Waals surface area contributed by atoms with E-state index in [4.69, 9.17) is 0 Å². The molecule has 168 valence electrons. The van der Waals surface area contributed by atoms with Crippen LogP contribution in [-0.2, 0) is 29.1 Å². The maximum atomic E-state index is 10.1. The summed E-state index contributed by atoms with van der Waals surface area (Å²) in [5.41, 5.74) is 0. The molecule has 0 rings (SSSR count). The van der Waals surface area contributed by atoms with Gasteiger partial charge in [0.25, 0.3) is 0 Å². The molecule has 0 aliphatic rings. The van der Waals surface area contributed by atoms with Gasteiger partial charge in [-0.3, -0.25) is 0 Å². The molecule has 0 bridgehead atoms. The van der Waals surface area contributed by atoms with Crippen LogP contribution in [0, 0.1) is 0 Å². The fourth-order valence-corrected chi connectivity index (χ4v) is 2.77. The standard InChI is InChI=1S/2C11H22O3.Zn/c2*1-2-10(12)8-6-4-3-5-7-9-11(13)14;/h2*10,12H,2-9H2,1H3,(H,13,14);/q;;+2/p-2. The van der Waals surface area contributed by atoms with E-state index in [1.165, 1.54) is 0 Å². The maximum absolute atomic E-state index is 10.1. The second-order valence-corrected chi connectivity index (χ2v) is 7.48. The molecule has 0 heterocycles. The Labute approximate surface area is 190 Å². The first-order valence-corrected chi connectivity index (χ1v) is 11.1. The molecule has 0 fully saturated rings. The van der Waals surface area contributed by atoms with Gasteiger partial charge in [0.2, 0.25) is 0 Å². The molecule has 0 aliphatic carbocycles. The van der Waals surface area contributed by atoms with Crippen LogP contribution in [0.2, 0.25) is 0 Å². The summed E-state index contributed by atoms with van der Waals surface area (Å²) < 4.78 is 0. The average molecular weight is 468 g/mol. The van der Waals surface area contributed by atoms with E-state index in [9.17, 15) is 30.0 Å². The smallest absolute Gasteiger partial charge is 0.550 e. The molecule has 0 aromatic rings. The molecule has 0 aliphatic heterocycles. The summed E-state index contributed by atoms with van der Waals surface area (Å²) in [6, 6.07) is 0. The molecule has 2 N–H and O–H groups in total. The zero-order valence-electron chi connectivity index (χ0n) is 18.7. The molecule has 2 atom stereocenters. The zero-order chi connectivity index (χ0) is 21.6. The summed E-state index contributed by atoms with van der Waals surface area (Å²) in [6.45, 7) is 3.95. The Morgan fingerprint density at radius 1 is 0.621 bits per heavy atom. The summed E-state index contributed by atoms with van der Waals surface area (Å²) in [5.74, 6) is -1.90. The van der Waals surface area contributed by atoms with Crippen molar-refractivity contribution in [3.63, 3.8) is 0 Å². The van der Waals surface area contributed by atoms with E-state index >= 15 is 0 Å². The molecule has 0 saturated heterocycles. The van der Waals surface area contributed by atoms with Crippen molar-refractivity contribution in [3.8, 4) is 0 Å². The van der Waals surface area contributed by atoms with E-state index in [0.29, 0.717) is 0 Å². The SMILES string of the molecule is CCC(O)CCCCCCCC(=O)[O-].CCC(O)CCCCCCCC(=O)[O-].[Zn+2]. The molecule has 0 aromatic heterocycles. The van der Waals surface area contributed by atoms with Gasteiger partial charge in [-0.1, -0.05) is 65.2 Å². The Morgan fingerprint density at radius 2 is 0.897 bits per heavy atom. The predicted molar refractivity (Wildman–Crippen MR) is 107 cm³/mol. The summed E-state index contributed by atoms with van der Waals surface area (Å²) in [4.78, 5) is 20.1. The zero-order valence-corrected chi connectivity index (χ0v) is 21.7. The second-order valence-electron chi connectivity index (χ2n) is 7.48. The average Bonchev–Trinajstić information content (AvgIpc) is 2.66. The number of aliphatic hydroxyl groups excluding tert-OH is 2. The summed E-state index contributed by atoms with van der Waals surface area (Å²) in [7, 11) is 0. The first kappa shape index (κ1) is 33.1. The van der Waals surface area contributed by atoms with Crippen molar-refractivity contribution in [2.75, 3.05) is 0 Å². The molecule has 0 spiro atoms. The topological polar surface area (TPSA) is 121 Å². The van der Waals surface area contributed by atoms with E-state index in [-0.39, 0.29) is 44.5 Å². The number of carbonyl (C=O) groups excluding carboxylic acids is 2. The molecule has 2 unspecified atom stereocenters. The Kier molecular flexibility index (Phi) is 29.2. The monoisotopic (exact) mass is 466 g/mol. The molecule has 29 heavy (non-hydrogen) atoms. The van der Waals surface area contributed by atoms with E-state index in [2.05, 4.69) is 0 Å². The Bertz CT molecular complexity index is 331. The van der Waals surface area contributed by atoms with E-state index in [1.807, 2.05) is 13.8 Å². The van der Waals surface area contributed by atoms with Gasteiger partial charge in [-0.25, -0.2) is 0 Å². The van der Waals surface area contributed by atoms with Crippen LogP contribution < -0.4 is 10.2 Å².